The van der Waals surface area contributed by atoms with E-state index < -0.39 is 17.7 Å². The van der Waals surface area contributed by atoms with Gasteiger partial charge in [-0.1, -0.05) is 0 Å². The number of likely N-dealkylation sites (N-methyl/N-ethyl adjacent to an activating group) is 1. The van der Waals surface area contributed by atoms with Crippen molar-refractivity contribution < 1.29 is 14.4 Å². The minimum atomic E-state index is -1.04. The molecule has 0 radical (unpaired) electrons. The first-order chi connectivity index (χ1) is 11.9. The monoisotopic (exact) mass is 359 g/mol. The molecule has 0 atom stereocenters. The summed E-state index contributed by atoms with van der Waals surface area (Å²) in [7, 11) is 2.01. The van der Waals surface area contributed by atoms with Gasteiger partial charge in [-0.15, -0.1) is 11.3 Å². The summed E-state index contributed by atoms with van der Waals surface area (Å²) in [5, 5.41) is 4.85. The lowest BCUT2D eigenvalue weighted by atomic mass is 10.2. The van der Waals surface area contributed by atoms with E-state index in [2.05, 4.69) is 15.2 Å². The molecule has 1 aliphatic heterocycles. The molecule has 3 amide bonds. The van der Waals surface area contributed by atoms with Crippen LogP contribution in [0.4, 0.5) is 10.8 Å². The van der Waals surface area contributed by atoms with Gasteiger partial charge in [-0.2, -0.15) is 0 Å². The average Bonchev–Trinajstić information content (AvgIpc) is 2.96. The summed E-state index contributed by atoms with van der Waals surface area (Å²) < 4.78 is 0. The lowest BCUT2D eigenvalue weighted by Crippen LogP contribution is -2.39. The van der Waals surface area contributed by atoms with Gasteiger partial charge in [0.25, 0.3) is 5.91 Å². The van der Waals surface area contributed by atoms with Crippen LogP contribution in [0.2, 0.25) is 0 Å². The van der Waals surface area contributed by atoms with E-state index in [0.717, 1.165) is 30.1 Å². The van der Waals surface area contributed by atoms with Gasteiger partial charge in [-0.05, 0) is 31.3 Å². The third kappa shape index (κ3) is 4.01. The number of carbonyl (C=O) groups is 3. The Labute approximate surface area is 148 Å². The molecular formula is C16H17N5O3S. The molecule has 0 fully saturated rings. The SMILES string of the molecule is CN1CCc2nc(NC(=O)C(=O)NC(=O)c3ccc(N)cc3)sc2C1. The number of nitrogens with one attached hydrogen (secondary N) is 2. The number of rotatable bonds is 2. The second-order valence-corrected chi connectivity index (χ2v) is 6.82. The fourth-order valence-electron chi connectivity index (χ4n) is 2.40. The molecule has 2 heterocycles. The Morgan fingerprint density at radius 1 is 1.20 bits per heavy atom. The summed E-state index contributed by atoms with van der Waals surface area (Å²) in [4.78, 5) is 43.4. The molecular weight excluding hydrogens is 342 g/mol. The topological polar surface area (TPSA) is 117 Å². The fourth-order valence-corrected chi connectivity index (χ4v) is 3.48. The summed E-state index contributed by atoms with van der Waals surface area (Å²) in [6.45, 7) is 1.67. The average molecular weight is 359 g/mol. The smallest absolute Gasteiger partial charge is 0.316 e. The molecule has 0 aliphatic carbocycles. The van der Waals surface area contributed by atoms with E-state index in [0.29, 0.717) is 10.8 Å². The van der Waals surface area contributed by atoms with Gasteiger partial charge in [-0.3, -0.25) is 25.0 Å². The molecule has 1 aromatic heterocycles. The molecule has 2 aromatic rings. The van der Waals surface area contributed by atoms with Crippen molar-refractivity contribution in [3.63, 3.8) is 0 Å². The maximum atomic E-state index is 12.0. The highest BCUT2D eigenvalue weighted by Gasteiger charge is 2.22. The van der Waals surface area contributed by atoms with Crippen LogP contribution >= 0.6 is 11.3 Å². The molecule has 4 N–H and O–H groups in total. The third-order valence-corrected chi connectivity index (χ3v) is 4.75. The number of imide groups is 1. The van der Waals surface area contributed by atoms with Gasteiger partial charge in [0, 0.05) is 35.6 Å². The van der Waals surface area contributed by atoms with E-state index in [1.807, 2.05) is 12.4 Å². The van der Waals surface area contributed by atoms with Gasteiger partial charge in [0.2, 0.25) is 0 Å². The Morgan fingerprint density at radius 3 is 2.64 bits per heavy atom. The second-order valence-electron chi connectivity index (χ2n) is 5.74. The Balaban J connectivity index is 1.60. The number of nitrogens with two attached hydrogens (primary N) is 1. The van der Waals surface area contributed by atoms with E-state index in [4.69, 9.17) is 5.73 Å². The summed E-state index contributed by atoms with van der Waals surface area (Å²) in [5.41, 5.74) is 7.22. The van der Waals surface area contributed by atoms with Crippen LogP contribution in [0.1, 0.15) is 20.9 Å². The standard InChI is InChI=1S/C16H17N5O3S/c1-21-7-6-11-12(8-21)25-16(18-11)20-15(24)14(23)19-13(22)9-2-4-10(17)5-3-9/h2-5H,6-8,17H2,1H3,(H,18,20,24)(H,19,22,23). The van der Waals surface area contributed by atoms with Gasteiger partial charge in [-0.25, -0.2) is 4.98 Å². The van der Waals surface area contributed by atoms with Crippen molar-refractivity contribution in [1.82, 2.24) is 15.2 Å². The van der Waals surface area contributed by atoms with Crippen molar-refractivity contribution in [2.45, 2.75) is 13.0 Å². The number of aromatic nitrogens is 1. The van der Waals surface area contributed by atoms with Crippen LogP contribution in [0.15, 0.2) is 24.3 Å². The minimum absolute atomic E-state index is 0.239. The molecule has 130 valence electrons. The van der Waals surface area contributed by atoms with Crippen LogP contribution in [-0.4, -0.2) is 41.2 Å². The van der Waals surface area contributed by atoms with Gasteiger partial charge in [0.15, 0.2) is 5.13 Å². The lowest BCUT2D eigenvalue weighted by molar-refractivity contribution is -0.135. The van der Waals surface area contributed by atoms with Crippen LogP contribution in [0.25, 0.3) is 0 Å². The number of benzene rings is 1. The number of nitrogens with zero attached hydrogens (tertiary/aromatic N) is 2. The zero-order valence-corrected chi connectivity index (χ0v) is 14.4. The molecule has 0 unspecified atom stereocenters. The first-order valence-corrected chi connectivity index (χ1v) is 8.43. The van der Waals surface area contributed by atoms with Crippen molar-refractivity contribution in [2.75, 3.05) is 24.6 Å². The van der Waals surface area contributed by atoms with E-state index in [1.165, 1.54) is 35.6 Å². The van der Waals surface area contributed by atoms with Crippen molar-refractivity contribution in [3.05, 3.63) is 40.4 Å². The number of hydrogen-bond acceptors (Lipinski definition) is 7. The van der Waals surface area contributed by atoms with Crippen molar-refractivity contribution in [3.8, 4) is 0 Å². The normalized spacial score (nSPS) is 13.8. The third-order valence-electron chi connectivity index (χ3n) is 3.75. The molecule has 1 aliphatic rings. The van der Waals surface area contributed by atoms with Crippen LogP contribution in [0, 0.1) is 0 Å². The zero-order chi connectivity index (χ0) is 18.0. The van der Waals surface area contributed by atoms with Gasteiger partial charge in [0.05, 0.1) is 5.69 Å². The second kappa shape index (κ2) is 6.99. The number of fused-ring (bicyclic) bond motifs is 1. The molecule has 8 nitrogen and oxygen atoms in total. The van der Waals surface area contributed by atoms with Crippen LogP contribution < -0.4 is 16.4 Å². The van der Waals surface area contributed by atoms with Gasteiger partial charge >= 0.3 is 11.8 Å². The maximum absolute atomic E-state index is 12.0. The molecule has 3 rings (SSSR count). The number of hydrogen-bond donors (Lipinski definition) is 3. The number of nitrogen functional groups attached to an aromatic ring is 1. The first kappa shape index (κ1) is 17.1. The van der Waals surface area contributed by atoms with Crippen molar-refractivity contribution in [1.29, 1.82) is 0 Å². The van der Waals surface area contributed by atoms with E-state index in [1.54, 1.807) is 0 Å². The highest BCUT2D eigenvalue weighted by atomic mass is 32.1. The summed E-state index contributed by atoms with van der Waals surface area (Å²) >= 11 is 1.34. The number of carbonyl (C=O) groups excluding carboxylic acids is 3. The lowest BCUT2D eigenvalue weighted by Gasteiger charge is -2.20. The van der Waals surface area contributed by atoms with Crippen molar-refractivity contribution in [2.24, 2.45) is 0 Å². The summed E-state index contributed by atoms with van der Waals surface area (Å²) in [6.07, 6.45) is 0.806. The van der Waals surface area contributed by atoms with Gasteiger partial charge < -0.3 is 10.6 Å². The van der Waals surface area contributed by atoms with Gasteiger partial charge in [0.1, 0.15) is 0 Å². The molecule has 0 bridgehead atoms. The Kier molecular flexibility index (Phi) is 4.77. The Bertz CT molecular complexity index is 831. The highest BCUT2D eigenvalue weighted by Crippen LogP contribution is 2.27. The number of amides is 3. The summed E-state index contributed by atoms with van der Waals surface area (Å²) in [6, 6.07) is 6.02. The molecule has 0 saturated carbocycles. The fraction of sp³-hybridized carbons (Fsp3) is 0.250. The quantitative estimate of drug-likeness (QED) is 0.534. The van der Waals surface area contributed by atoms with Crippen LogP contribution in [0.3, 0.4) is 0 Å². The van der Waals surface area contributed by atoms with E-state index in [9.17, 15) is 14.4 Å². The molecule has 9 heteroatoms. The predicted octanol–water partition coefficient (Wildman–Crippen LogP) is 0.608. The first-order valence-electron chi connectivity index (χ1n) is 7.61. The van der Waals surface area contributed by atoms with E-state index in [-0.39, 0.29) is 5.56 Å². The highest BCUT2D eigenvalue weighted by molar-refractivity contribution is 7.16. The maximum Gasteiger partial charge on any atom is 0.316 e. The molecule has 1 aromatic carbocycles. The zero-order valence-electron chi connectivity index (χ0n) is 13.5. The molecule has 0 saturated heterocycles. The number of anilines is 2. The molecule has 0 spiro atoms. The Hall–Kier alpha value is -2.78. The Morgan fingerprint density at radius 2 is 1.92 bits per heavy atom. The van der Waals surface area contributed by atoms with Crippen molar-refractivity contribution >= 4 is 39.9 Å². The molecule has 25 heavy (non-hydrogen) atoms. The summed E-state index contributed by atoms with van der Waals surface area (Å²) in [5.74, 6) is -2.63. The number of thiazole rings is 1. The van der Waals surface area contributed by atoms with E-state index >= 15 is 0 Å². The van der Waals surface area contributed by atoms with Crippen LogP contribution in [0.5, 0.6) is 0 Å². The predicted molar refractivity (Wildman–Crippen MR) is 94.1 cm³/mol. The van der Waals surface area contributed by atoms with Crippen LogP contribution in [-0.2, 0) is 22.6 Å². The largest absolute Gasteiger partial charge is 0.399 e. The minimum Gasteiger partial charge on any atom is -0.399 e.